The molecule has 3 N–H and O–H groups in total. The van der Waals surface area contributed by atoms with Crippen molar-refractivity contribution in [1.82, 2.24) is 14.9 Å². The molecule has 8 heteroatoms. The molecule has 0 spiro atoms. The van der Waals surface area contributed by atoms with Crippen LogP contribution in [-0.4, -0.2) is 27.3 Å². The highest BCUT2D eigenvalue weighted by Crippen LogP contribution is 2.35. The van der Waals surface area contributed by atoms with E-state index in [-0.39, 0.29) is 29.2 Å². The minimum Gasteiger partial charge on any atom is -0.464 e. The van der Waals surface area contributed by atoms with Gasteiger partial charge in [0.05, 0.1) is 23.4 Å². The molecule has 0 radical (unpaired) electrons. The normalized spacial score (nSPS) is 14.0. The van der Waals surface area contributed by atoms with E-state index in [0.29, 0.717) is 27.8 Å². The molecular weight excluding hydrogens is 520 g/mol. The number of anilines is 1. The Labute approximate surface area is 239 Å². The van der Waals surface area contributed by atoms with E-state index in [2.05, 4.69) is 25.2 Å². The van der Waals surface area contributed by atoms with Crippen molar-refractivity contribution in [1.29, 1.82) is 0 Å². The maximum absolute atomic E-state index is 14.0. The van der Waals surface area contributed by atoms with E-state index in [4.69, 9.17) is 15.1 Å². The fraction of sp³-hybridized carbons (Fsp3) is 0.344. The van der Waals surface area contributed by atoms with Crippen LogP contribution >= 0.6 is 11.8 Å². The van der Waals surface area contributed by atoms with Crippen LogP contribution in [0.25, 0.3) is 28.3 Å². The Morgan fingerprint density at radius 1 is 1.12 bits per heavy atom. The zero-order valence-corrected chi connectivity index (χ0v) is 24.1. The third-order valence-corrected chi connectivity index (χ3v) is 8.38. The molecule has 4 aromatic rings. The van der Waals surface area contributed by atoms with Crippen LogP contribution in [-0.2, 0) is 4.79 Å². The lowest BCUT2D eigenvalue weighted by atomic mass is 9.91. The van der Waals surface area contributed by atoms with Gasteiger partial charge in [0.1, 0.15) is 5.76 Å². The molecule has 0 unspecified atom stereocenters. The van der Waals surface area contributed by atoms with Crippen LogP contribution in [0.2, 0.25) is 0 Å². The number of amides is 1. The van der Waals surface area contributed by atoms with E-state index in [1.165, 1.54) is 18.2 Å². The van der Waals surface area contributed by atoms with Crippen molar-refractivity contribution in [3.05, 3.63) is 82.3 Å². The first-order valence-corrected chi connectivity index (χ1v) is 14.9. The van der Waals surface area contributed by atoms with Gasteiger partial charge in [0.25, 0.3) is 5.56 Å². The van der Waals surface area contributed by atoms with Crippen LogP contribution in [0.3, 0.4) is 0 Å². The summed E-state index contributed by atoms with van der Waals surface area (Å²) in [6.45, 7) is 6.06. The predicted molar refractivity (Wildman–Crippen MR) is 162 cm³/mol. The number of benzene rings is 2. The third kappa shape index (κ3) is 6.02. The number of hydrogen-bond acceptors (Lipinski definition) is 6. The highest BCUT2D eigenvalue weighted by atomic mass is 32.2. The molecule has 40 heavy (non-hydrogen) atoms. The third-order valence-electron chi connectivity index (χ3n) is 7.44. The second kappa shape index (κ2) is 12.2. The Balaban J connectivity index is 1.60. The molecular formula is C32H36N4O3S. The smallest absolute Gasteiger partial charge is 0.262 e. The van der Waals surface area contributed by atoms with Gasteiger partial charge in [0, 0.05) is 28.4 Å². The van der Waals surface area contributed by atoms with Crippen molar-refractivity contribution in [2.45, 2.75) is 70.0 Å². The summed E-state index contributed by atoms with van der Waals surface area (Å²) in [5.41, 5.74) is 11.1. The lowest BCUT2D eigenvalue weighted by Crippen LogP contribution is -2.37. The zero-order valence-electron chi connectivity index (χ0n) is 23.3. The second-order valence-corrected chi connectivity index (χ2v) is 11.7. The fourth-order valence-corrected chi connectivity index (χ4v) is 6.16. The van der Waals surface area contributed by atoms with E-state index in [1.54, 1.807) is 29.9 Å². The zero-order chi connectivity index (χ0) is 28.2. The van der Waals surface area contributed by atoms with Gasteiger partial charge < -0.3 is 15.5 Å². The number of hydrogen-bond donors (Lipinski definition) is 2. The van der Waals surface area contributed by atoms with Gasteiger partial charge in [-0.25, -0.2) is 4.98 Å². The topological polar surface area (TPSA) is 103 Å². The summed E-state index contributed by atoms with van der Waals surface area (Å²) in [4.78, 5) is 32.0. The van der Waals surface area contributed by atoms with Crippen LogP contribution < -0.4 is 16.6 Å². The maximum atomic E-state index is 14.0. The molecule has 5 rings (SSSR count). The molecule has 2 aromatic heterocycles. The molecule has 0 aliphatic heterocycles. The van der Waals surface area contributed by atoms with Crippen LogP contribution in [0.15, 0.2) is 75.2 Å². The Kier molecular flexibility index (Phi) is 8.45. The summed E-state index contributed by atoms with van der Waals surface area (Å²) in [5.74, 6) is 1.07. The standard InChI is InChI=1S/C32H36N4O3S/c1-20(2)26-15-14-22(28-13-8-16-39-28)17-27(26)30-21(3)31(38)36(25-12-7-9-23(33)18-25)32(35-30)40-19-29(37)34-24-10-5-4-6-11-24/h7-9,12-18,20,24H,4-6,10-11,19,33H2,1-3H3,(H,34,37). The Hall–Kier alpha value is -3.78. The highest BCUT2D eigenvalue weighted by molar-refractivity contribution is 7.99. The van der Waals surface area contributed by atoms with Crippen LogP contribution in [0.1, 0.15) is 63.0 Å². The van der Waals surface area contributed by atoms with E-state index in [0.717, 1.165) is 48.1 Å². The average molecular weight is 557 g/mol. The first-order valence-electron chi connectivity index (χ1n) is 13.9. The van der Waals surface area contributed by atoms with Crippen molar-refractivity contribution in [2.75, 3.05) is 11.5 Å². The molecule has 2 heterocycles. The van der Waals surface area contributed by atoms with Crippen molar-refractivity contribution in [3.8, 4) is 28.3 Å². The maximum Gasteiger partial charge on any atom is 0.262 e. The number of nitrogens with zero attached hydrogens (tertiary/aromatic N) is 2. The molecule has 1 amide bonds. The summed E-state index contributed by atoms with van der Waals surface area (Å²) in [5, 5.41) is 3.62. The van der Waals surface area contributed by atoms with Crippen molar-refractivity contribution in [3.63, 3.8) is 0 Å². The van der Waals surface area contributed by atoms with E-state index >= 15 is 0 Å². The molecule has 1 saturated carbocycles. The fourth-order valence-electron chi connectivity index (χ4n) is 5.34. The summed E-state index contributed by atoms with van der Waals surface area (Å²) < 4.78 is 7.23. The van der Waals surface area contributed by atoms with Gasteiger partial charge in [-0.3, -0.25) is 14.2 Å². The monoisotopic (exact) mass is 556 g/mol. The molecule has 208 valence electrons. The molecule has 1 aliphatic rings. The second-order valence-electron chi connectivity index (χ2n) is 10.7. The minimum absolute atomic E-state index is 0.0462. The van der Waals surface area contributed by atoms with E-state index < -0.39 is 0 Å². The minimum atomic E-state index is -0.191. The lowest BCUT2D eigenvalue weighted by Gasteiger charge is -2.23. The first kappa shape index (κ1) is 27.8. The molecule has 0 atom stereocenters. The quantitative estimate of drug-likeness (QED) is 0.142. The number of carbonyl (C=O) groups excluding carboxylic acids is 1. The van der Waals surface area contributed by atoms with Gasteiger partial charge in [-0.05, 0) is 67.6 Å². The van der Waals surface area contributed by atoms with Crippen molar-refractivity contribution in [2.24, 2.45) is 0 Å². The summed E-state index contributed by atoms with van der Waals surface area (Å²) in [6.07, 6.45) is 7.19. The van der Waals surface area contributed by atoms with E-state index in [9.17, 15) is 9.59 Å². The van der Waals surface area contributed by atoms with Crippen molar-refractivity contribution >= 4 is 23.4 Å². The molecule has 1 aliphatic carbocycles. The van der Waals surface area contributed by atoms with Gasteiger partial charge >= 0.3 is 0 Å². The Morgan fingerprint density at radius 3 is 2.62 bits per heavy atom. The predicted octanol–water partition coefficient (Wildman–Crippen LogP) is 6.71. The number of nitrogens with one attached hydrogen (secondary N) is 1. The Bertz CT molecular complexity index is 1550. The summed E-state index contributed by atoms with van der Waals surface area (Å²) in [7, 11) is 0. The molecule has 0 saturated heterocycles. The van der Waals surface area contributed by atoms with Gasteiger partial charge in [-0.1, -0.05) is 63.1 Å². The van der Waals surface area contributed by atoms with Gasteiger partial charge in [0.2, 0.25) is 5.91 Å². The molecule has 2 aromatic carbocycles. The number of carbonyl (C=O) groups is 1. The molecule has 0 bridgehead atoms. The van der Waals surface area contributed by atoms with Crippen LogP contribution in [0, 0.1) is 6.92 Å². The largest absolute Gasteiger partial charge is 0.464 e. The average Bonchev–Trinajstić information content (AvgIpc) is 3.49. The van der Waals surface area contributed by atoms with E-state index in [1.807, 2.05) is 36.4 Å². The first-order chi connectivity index (χ1) is 19.3. The van der Waals surface area contributed by atoms with Gasteiger partial charge in [-0.2, -0.15) is 0 Å². The number of nitrogens with two attached hydrogens (primary N) is 1. The Morgan fingerprint density at radius 2 is 1.93 bits per heavy atom. The number of thioether (sulfide) groups is 1. The summed E-state index contributed by atoms with van der Waals surface area (Å²) >= 11 is 1.27. The van der Waals surface area contributed by atoms with Crippen molar-refractivity contribution < 1.29 is 9.21 Å². The summed E-state index contributed by atoms with van der Waals surface area (Å²) in [6, 6.07) is 17.3. The molecule has 7 nitrogen and oxygen atoms in total. The van der Waals surface area contributed by atoms with Crippen LogP contribution in [0.5, 0.6) is 0 Å². The molecule has 1 fully saturated rings. The van der Waals surface area contributed by atoms with Gasteiger partial charge in [0.15, 0.2) is 5.16 Å². The number of rotatable bonds is 8. The van der Waals surface area contributed by atoms with Crippen LogP contribution in [0.4, 0.5) is 5.69 Å². The number of aromatic nitrogens is 2. The SMILES string of the molecule is Cc1c(-c2cc(-c3ccco3)ccc2C(C)C)nc(SCC(=O)NC2CCCCC2)n(-c2cccc(N)c2)c1=O. The highest BCUT2D eigenvalue weighted by Gasteiger charge is 2.22. The number of furan rings is 1. The number of nitrogen functional groups attached to an aromatic ring is 1. The lowest BCUT2D eigenvalue weighted by molar-refractivity contribution is -0.119. The van der Waals surface area contributed by atoms with Gasteiger partial charge in [-0.15, -0.1) is 0 Å².